The molecule has 3 fully saturated rings. The molecule has 3 aliphatic heterocycles. The Kier molecular flexibility index (Phi) is 13.3. The molecule has 1 atom stereocenters. The van der Waals surface area contributed by atoms with Crippen LogP contribution in [0.15, 0.2) is 72.9 Å². The number of benzene rings is 3. The molecule has 16 nitrogen and oxygen atoms in total. The lowest BCUT2D eigenvalue weighted by atomic mass is 9.91. The largest absolute Gasteiger partial charge is 0.368 e. The first kappa shape index (κ1) is 43.0. The van der Waals surface area contributed by atoms with E-state index < -0.39 is 11.9 Å². The van der Waals surface area contributed by atoms with Crippen LogP contribution in [0.1, 0.15) is 76.8 Å². The predicted molar refractivity (Wildman–Crippen MR) is 240 cm³/mol. The van der Waals surface area contributed by atoms with Crippen LogP contribution in [-0.2, 0) is 16.1 Å². The first-order valence-electron chi connectivity index (χ1n) is 21.4. The molecule has 1 aromatic heterocycles. The zero-order valence-electron chi connectivity index (χ0n) is 35.0. The van der Waals surface area contributed by atoms with E-state index in [4.69, 9.17) is 11.6 Å². The average Bonchev–Trinajstić information content (AvgIpc) is 3.64. The molecule has 1 unspecified atom stereocenters. The number of nitrogens with one attached hydrogen (secondary N) is 6. The summed E-state index contributed by atoms with van der Waals surface area (Å²) in [6, 6.07) is 20.4. The molecule has 6 N–H and O–H groups in total. The van der Waals surface area contributed by atoms with E-state index in [-0.39, 0.29) is 36.2 Å². The van der Waals surface area contributed by atoms with Crippen LogP contribution in [0, 0.1) is 11.8 Å². The molecule has 4 aromatic rings. The fourth-order valence-corrected chi connectivity index (χ4v) is 8.67. The van der Waals surface area contributed by atoms with Crippen molar-refractivity contribution in [1.29, 1.82) is 0 Å². The molecule has 326 valence electrons. The molecule has 2 saturated heterocycles. The third-order valence-electron chi connectivity index (χ3n) is 12.0. The molecule has 4 heterocycles. The standard InChI is InChI=1S/C46H50ClN11O5/c1-48-42(60)35-9-2-3-11-38(35)53-41-37(47)27-50-45(55-41)51-31-16-18-33(19-17-31)56-23-25-57(26-24-56)46(63)52-32-14-12-30(13-15-32)49-22-5-4-7-29-8-6-10-34-36(29)28-58(44(34)62)39-20-21-40(59)54-43(39)61/h2-3,6,8-11,16-19,27,30,32,39,49H,5,12-15,20-26,28H2,1H3,(H,48,60)(H,52,63)(H,54,59,61)(H2,50,51,53,55)/t30-,32-,39?. The number of aromatic nitrogens is 2. The summed E-state index contributed by atoms with van der Waals surface area (Å²) in [5.74, 6) is 6.04. The van der Waals surface area contributed by atoms with E-state index in [1.807, 2.05) is 47.4 Å². The molecule has 17 heteroatoms. The molecule has 0 bridgehead atoms. The van der Waals surface area contributed by atoms with Crippen LogP contribution in [0.25, 0.3) is 0 Å². The van der Waals surface area contributed by atoms with E-state index in [1.54, 1.807) is 36.2 Å². The van der Waals surface area contributed by atoms with Crippen molar-refractivity contribution in [2.24, 2.45) is 0 Å². The van der Waals surface area contributed by atoms with Crippen molar-refractivity contribution in [3.8, 4) is 11.8 Å². The van der Waals surface area contributed by atoms with Gasteiger partial charge in [-0.15, -0.1) is 0 Å². The number of hydrogen-bond acceptors (Lipinski definition) is 11. The van der Waals surface area contributed by atoms with Crippen LogP contribution in [-0.4, -0.2) is 107 Å². The summed E-state index contributed by atoms with van der Waals surface area (Å²) in [6.07, 6.45) is 6.45. The van der Waals surface area contributed by atoms with Crippen LogP contribution < -0.4 is 36.8 Å². The number of carbonyl (C=O) groups excluding carboxylic acids is 5. The third-order valence-corrected chi connectivity index (χ3v) is 12.3. The Bertz CT molecular complexity index is 2440. The topological polar surface area (TPSA) is 193 Å². The fraction of sp³-hybridized carbons (Fsp3) is 0.370. The third kappa shape index (κ3) is 10.2. The number of halogens is 1. The van der Waals surface area contributed by atoms with Gasteiger partial charge in [0.2, 0.25) is 17.8 Å². The van der Waals surface area contributed by atoms with Crippen LogP contribution in [0.2, 0.25) is 5.02 Å². The maximum absolute atomic E-state index is 13.3. The summed E-state index contributed by atoms with van der Waals surface area (Å²) < 4.78 is 0. The number of piperazine rings is 1. The number of imide groups is 1. The molecule has 1 saturated carbocycles. The van der Waals surface area contributed by atoms with Crippen molar-refractivity contribution in [1.82, 2.24) is 41.0 Å². The Balaban J connectivity index is 0.737. The van der Waals surface area contributed by atoms with E-state index in [1.165, 1.54) is 6.20 Å². The summed E-state index contributed by atoms with van der Waals surface area (Å²) in [6.45, 7) is 3.74. The maximum atomic E-state index is 13.3. The first-order valence-corrected chi connectivity index (χ1v) is 21.8. The maximum Gasteiger partial charge on any atom is 0.317 e. The van der Waals surface area contributed by atoms with Crippen molar-refractivity contribution in [3.63, 3.8) is 0 Å². The van der Waals surface area contributed by atoms with Gasteiger partial charge in [-0.3, -0.25) is 24.5 Å². The number of anilines is 5. The van der Waals surface area contributed by atoms with Crippen LogP contribution >= 0.6 is 11.6 Å². The Morgan fingerprint density at radius 3 is 2.41 bits per heavy atom. The van der Waals surface area contributed by atoms with Gasteiger partial charge in [0, 0.05) is 93.7 Å². The molecule has 1 aliphatic carbocycles. The van der Waals surface area contributed by atoms with Gasteiger partial charge in [-0.25, -0.2) is 9.78 Å². The second-order valence-electron chi connectivity index (χ2n) is 16.0. The number of hydrogen-bond donors (Lipinski definition) is 6. The van der Waals surface area contributed by atoms with Crippen molar-refractivity contribution in [2.75, 3.05) is 55.3 Å². The highest BCUT2D eigenvalue weighted by atomic mass is 35.5. The van der Waals surface area contributed by atoms with Gasteiger partial charge < -0.3 is 41.3 Å². The van der Waals surface area contributed by atoms with Crippen LogP contribution in [0.5, 0.6) is 0 Å². The zero-order chi connectivity index (χ0) is 43.9. The monoisotopic (exact) mass is 871 g/mol. The van der Waals surface area contributed by atoms with Gasteiger partial charge in [-0.2, -0.15) is 4.98 Å². The van der Waals surface area contributed by atoms with Gasteiger partial charge in [-0.1, -0.05) is 41.6 Å². The number of nitrogens with zero attached hydrogens (tertiary/aromatic N) is 5. The summed E-state index contributed by atoms with van der Waals surface area (Å²) >= 11 is 6.40. The second kappa shape index (κ2) is 19.6. The Hall–Kier alpha value is -6.70. The summed E-state index contributed by atoms with van der Waals surface area (Å²) in [5, 5.41) is 18.6. The Morgan fingerprint density at radius 2 is 1.65 bits per heavy atom. The number of carbonyl (C=O) groups is 5. The number of rotatable bonds is 11. The van der Waals surface area contributed by atoms with Gasteiger partial charge in [0.15, 0.2) is 5.82 Å². The lowest BCUT2D eigenvalue weighted by molar-refractivity contribution is -0.136. The second-order valence-corrected chi connectivity index (χ2v) is 16.4. The number of amides is 6. The van der Waals surface area contributed by atoms with Crippen LogP contribution in [0.4, 0.5) is 33.6 Å². The van der Waals surface area contributed by atoms with Crippen molar-refractivity contribution in [2.45, 2.75) is 69.6 Å². The highest BCUT2D eigenvalue weighted by Gasteiger charge is 2.39. The van der Waals surface area contributed by atoms with Crippen molar-refractivity contribution in [3.05, 3.63) is 100 Å². The lowest BCUT2D eigenvalue weighted by Gasteiger charge is -2.37. The zero-order valence-corrected chi connectivity index (χ0v) is 35.8. The molecular formula is C46H50ClN11O5. The number of para-hydroxylation sites is 1. The minimum Gasteiger partial charge on any atom is -0.368 e. The molecule has 0 spiro atoms. The predicted octanol–water partition coefficient (Wildman–Crippen LogP) is 4.91. The van der Waals surface area contributed by atoms with Crippen LogP contribution in [0.3, 0.4) is 0 Å². The van der Waals surface area contributed by atoms with E-state index in [2.05, 4.69) is 58.6 Å². The molecule has 0 radical (unpaired) electrons. The minimum absolute atomic E-state index is 0.0100. The van der Waals surface area contributed by atoms with Gasteiger partial charge >= 0.3 is 6.03 Å². The van der Waals surface area contributed by atoms with Gasteiger partial charge in [0.1, 0.15) is 11.1 Å². The van der Waals surface area contributed by atoms with E-state index >= 15 is 0 Å². The number of piperidine rings is 1. The van der Waals surface area contributed by atoms with E-state index in [9.17, 15) is 24.0 Å². The molecule has 63 heavy (non-hydrogen) atoms. The minimum atomic E-state index is -0.651. The molecule has 8 rings (SSSR count). The van der Waals surface area contributed by atoms with Gasteiger partial charge in [-0.05, 0) is 86.2 Å². The van der Waals surface area contributed by atoms with Gasteiger partial charge in [0.25, 0.3) is 11.8 Å². The molecule has 6 amide bonds. The highest BCUT2D eigenvalue weighted by molar-refractivity contribution is 6.33. The summed E-state index contributed by atoms with van der Waals surface area (Å²) in [7, 11) is 1.58. The fourth-order valence-electron chi connectivity index (χ4n) is 8.53. The summed E-state index contributed by atoms with van der Waals surface area (Å²) in [5.41, 5.74) is 5.06. The Labute approximate surface area is 370 Å². The summed E-state index contributed by atoms with van der Waals surface area (Å²) in [4.78, 5) is 77.4. The number of urea groups is 1. The van der Waals surface area contributed by atoms with Crippen molar-refractivity contribution >= 4 is 70.1 Å². The smallest absolute Gasteiger partial charge is 0.317 e. The average molecular weight is 872 g/mol. The molecular weight excluding hydrogens is 822 g/mol. The number of fused-ring (bicyclic) bond motifs is 1. The normalized spacial score (nSPS) is 19.7. The first-order chi connectivity index (χ1) is 30.6. The molecule has 4 aliphatic rings. The lowest BCUT2D eigenvalue weighted by Crippen LogP contribution is -2.54. The quantitative estimate of drug-likeness (QED) is 0.0682. The SMILES string of the molecule is CNC(=O)c1ccccc1Nc1nc(Nc2ccc(N3CCN(C(=O)N[C@H]4CC[C@H](NCCC#Cc5cccc6c5CN(C5CCC(=O)NC5=O)C6=O)CC4)CC3)cc2)ncc1Cl. The van der Waals surface area contributed by atoms with Gasteiger partial charge in [0.05, 0.1) is 17.4 Å². The van der Waals surface area contributed by atoms with Crippen molar-refractivity contribution < 1.29 is 24.0 Å². The van der Waals surface area contributed by atoms with E-state index in [0.29, 0.717) is 72.1 Å². The van der Waals surface area contributed by atoms with E-state index in [0.717, 1.165) is 67.8 Å². The highest BCUT2D eigenvalue weighted by Crippen LogP contribution is 2.31. The molecule has 3 aromatic carbocycles. The Morgan fingerprint density at radius 1 is 0.889 bits per heavy atom.